The summed E-state index contributed by atoms with van der Waals surface area (Å²) in [5, 5.41) is 3.41. The van der Waals surface area contributed by atoms with Gasteiger partial charge >= 0.3 is 0 Å². The van der Waals surface area contributed by atoms with Gasteiger partial charge in [0.05, 0.1) is 17.4 Å². The van der Waals surface area contributed by atoms with E-state index in [2.05, 4.69) is 34.5 Å². The first-order valence-corrected chi connectivity index (χ1v) is 6.68. The highest BCUT2D eigenvalue weighted by molar-refractivity contribution is 5.73. The van der Waals surface area contributed by atoms with Gasteiger partial charge in [-0.1, -0.05) is 24.3 Å². The highest BCUT2D eigenvalue weighted by Gasteiger charge is 2.30. The first-order valence-electron chi connectivity index (χ1n) is 6.68. The third-order valence-corrected chi connectivity index (χ3v) is 4.15. The third-order valence-electron chi connectivity index (χ3n) is 4.15. The van der Waals surface area contributed by atoms with Gasteiger partial charge in [0.15, 0.2) is 0 Å². The maximum Gasteiger partial charge on any atom is 0.125 e. The summed E-state index contributed by atoms with van der Waals surface area (Å²) in [4.78, 5) is 2.33. The highest BCUT2D eigenvalue weighted by Crippen LogP contribution is 2.37. The van der Waals surface area contributed by atoms with E-state index in [-0.39, 0.29) is 5.82 Å². The van der Waals surface area contributed by atoms with Crippen molar-refractivity contribution in [2.75, 3.05) is 16.8 Å². The summed E-state index contributed by atoms with van der Waals surface area (Å²) in [6.07, 6.45) is 1.03. The molecule has 1 atom stereocenters. The molecule has 2 heterocycles. The van der Waals surface area contributed by atoms with E-state index in [4.69, 9.17) is 0 Å². The van der Waals surface area contributed by atoms with Crippen LogP contribution < -0.4 is 10.2 Å². The van der Waals surface area contributed by atoms with Crippen LogP contribution in [0.2, 0.25) is 0 Å². The fraction of sp³-hybridized carbons (Fsp3) is 0.250. The molecule has 0 saturated carbocycles. The monoisotopic (exact) mass is 254 g/mol. The van der Waals surface area contributed by atoms with E-state index in [0.717, 1.165) is 30.9 Å². The van der Waals surface area contributed by atoms with Gasteiger partial charge in [-0.2, -0.15) is 0 Å². The van der Waals surface area contributed by atoms with Gasteiger partial charge in [0.1, 0.15) is 5.82 Å². The number of benzene rings is 2. The van der Waals surface area contributed by atoms with Crippen molar-refractivity contribution in [2.24, 2.45) is 0 Å². The minimum absolute atomic E-state index is 0.167. The zero-order valence-electron chi connectivity index (χ0n) is 10.6. The Labute approximate surface area is 111 Å². The molecule has 19 heavy (non-hydrogen) atoms. The molecule has 96 valence electrons. The number of anilines is 2. The van der Waals surface area contributed by atoms with Crippen LogP contribution in [0, 0.1) is 5.82 Å². The minimum atomic E-state index is -0.167. The number of nitrogens with one attached hydrogen (secondary N) is 1. The Morgan fingerprint density at radius 2 is 1.95 bits per heavy atom. The normalized spacial score (nSPS) is 20.1. The van der Waals surface area contributed by atoms with E-state index >= 15 is 0 Å². The molecule has 0 radical (unpaired) electrons. The molecule has 2 aromatic rings. The van der Waals surface area contributed by atoms with Crippen LogP contribution in [0.25, 0.3) is 0 Å². The molecule has 1 N–H and O–H groups in total. The molecule has 0 spiro atoms. The van der Waals surface area contributed by atoms with E-state index < -0.39 is 0 Å². The number of fused-ring (bicyclic) bond motifs is 4. The van der Waals surface area contributed by atoms with E-state index in [1.165, 1.54) is 17.2 Å². The number of rotatable bonds is 0. The topological polar surface area (TPSA) is 15.3 Å². The molecule has 1 unspecified atom stereocenters. The molecule has 0 fully saturated rings. The van der Waals surface area contributed by atoms with Crippen LogP contribution in [0.1, 0.15) is 11.1 Å². The van der Waals surface area contributed by atoms with Gasteiger partial charge in [-0.25, -0.2) is 4.39 Å². The molecular weight excluding hydrogens is 239 g/mol. The van der Waals surface area contributed by atoms with Crippen molar-refractivity contribution in [3.63, 3.8) is 0 Å². The van der Waals surface area contributed by atoms with Crippen molar-refractivity contribution in [1.82, 2.24) is 0 Å². The Kier molecular flexibility index (Phi) is 2.28. The molecule has 0 amide bonds. The summed E-state index contributed by atoms with van der Waals surface area (Å²) in [7, 11) is 0. The minimum Gasteiger partial charge on any atom is -0.381 e. The van der Waals surface area contributed by atoms with Crippen molar-refractivity contribution >= 4 is 11.4 Å². The Bertz CT molecular complexity index is 638. The van der Waals surface area contributed by atoms with E-state index in [1.54, 1.807) is 6.07 Å². The first-order chi connectivity index (χ1) is 9.31. The summed E-state index contributed by atoms with van der Waals surface area (Å²) in [5.74, 6) is -0.167. The molecule has 2 nitrogen and oxygen atoms in total. The largest absolute Gasteiger partial charge is 0.381 e. The first kappa shape index (κ1) is 10.9. The lowest BCUT2D eigenvalue weighted by atomic mass is 9.92. The van der Waals surface area contributed by atoms with Crippen molar-refractivity contribution in [2.45, 2.75) is 19.0 Å². The van der Waals surface area contributed by atoms with Crippen LogP contribution >= 0.6 is 0 Å². The second-order valence-corrected chi connectivity index (χ2v) is 5.30. The molecule has 2 aromatic carbocycles. The number of hydrogen-bond donors (Lipinski definition) is 1. The number of nitrogens with zero attached hydrogens (tertiary/aromatic N) is 1. The van der Waals surface area contributed by atoms with Gasteiger partial charge in [-0.3, -0.25) is 0 Å². The molecule has 0 aliphatic carbocycles. The Morgan fingerprint density at radius 1 is 1.11 bits per heavy atom. The fourth-order valence-electron chi connectivity index (χ4n) is 3.17. The summed E-state index contributed by atoms with van der Waals surface area (Å²) in [6, 6.07) is 14.0. The van der Waals surface area contributed by atoms with Crippen LogP contribution in [0.5, 0.6) is 0 Å². The summed E-state index contributed by atoms with van der Waals surface area (Å²) >= 11 is 0. The number of hydrogen-bond acceptors (Lipinski definition) is 2. The van der Waals surface area contributed by atoms with Crippen LogP contribution in [-0.4, -0.2) is 12.6 Å². The van der Waals surface area contributed by atoms with Crippen molar-refractivity contribution < 1.29 is 4.39 Å². The lowest BCUT2D eigenvalue weighted by Crippen LogP contribution is -2.47. The predicted octanol–water partition coefficient (Wildman–Crippen LogP) is 3.18. The van der Waals surface area contributed by atoms with Crippen molar-refractivity contribution in [3.05, 3.63) is 59.4 Å². The highest BCUT2D eigenvalue weighted by atomic mass is 19.1. The lowest BCUT2D eigenvalue weighted by Gasteiger charge is -2.43. The van der Waals surface area contributed by atoms with Gasteiger partial charge in [-0.05, 0) is 35.7 Å². The van der Waals surface area contributed by atoms with E-state index in [9.17, 15) is 4.39 Å². The lowest BCUT2D eigenvalue weighted by molar-refractivity contribution is 0.557. The maximum atomic E-state index is 13.5. The summed E-state index contributed by atoms with van der Waals surface area (Å²) < 4.78 is 13.5. The van der Waals surface area contributed by atoms with Crippen molar-refractivity contribution in [3.8, 4) is 0 Å². The van der Waals surface area contributed by atoms with E-state index in [1.807, 2.05) is 6.07 Å². The number of halogens is 1. The second kappa shape index (κ2) is 3.98. The molecule has 2 aliphatic heterocycles. The average Bonchev–Trinajstić information content (AvgIpc) is 2.45. The zero-order valence-corrected chi connectivity index (χ0v) is 10.6. The molecule has 0 bridgehead atoms. The smallest absolute Gasteiger partial charge is 0.125 e. The van der Waals surface area contributed by atoms with E-state index in [0.29, 0.717) is 6.04 Å². The summed E-state index contributed by atoms with van der Waals surface area (Å²) in [5.41, 5.74) is 4.81. The Morgan fingerprint density at radius 3 is 2.84 bits per heavy atom. The molecule has 4 rings (SSSR count). The molecule has 0 saturated heterocycles. The van der Waals surface area contributed by atoms with Crippen LogP contribution in [0.4, 0.5) is 15.8 Å². The molecule has 0 aromatic heterocycles. The van der Waals surface area contributed by atoms with Crippen LogP contribution in [0.15, 0.2) is 42.5 Å². The van der Waals surface area contributed by atoms with Crippen LogP contribution in [-0.2, 0) is 13.0 Å². The SMILES string of the molecule is Fc1ccc2c(c1)N1Cc3ccccc3CC1CN2. The van der Waals surface area contributed by atoms with Crippen LogP contribution in [0.3, 0.4) is 0 Å². The molecular formula is C16H15FN2. The second-order valence-electron chi connectivity index (χ2n) is 5.30. The molecule has 2 aliphatic rings. The van der Waals surface area contributed by atoms with Gasteiger partial charge in [0.2, 0.25) is 0 Å². The summed E-state index contributed by atoms with van der Waals surface area (Å²) in [6.45, 7) is 1.80. The van der Waals surface area contributed by atoms with Gasteiger partial charge in [0, 0.05) is 13.1 Å². The van der Waals surface area contributed by atoms with Crippen molar-refractivity contribution in [1.29, 1.82) is 0 Å². The van der Waals surface area contributed by atoms with Gasteiger partial charge in [-0.15, -0.1) is 0 Å². The Balaban J connectivity index is 1.79. The van der Waals surface area contributed by atoms with Gasteiger partial charge in [0.25, 0.3) is 0 Å². The quantitative estimate of drug-likeness (QED) is 0.776. The maximum absolute atomic E-state index is 13.5. The van der Waals surface area contributed by atoms with Gasteiger partial charge < -0.3 is 10.2 Å². The molecule has 3 heteroatoms. The third kappa shape index (κ3) is 1.69. The standard InChI is InChI=1S/C16H15FN2/c17-13-5-6-15-16(8-13)19-10-12-4-2-1-3-11(12)7-14(19)9-18-15/h1-6,8,14,18H,7,9-10H2. The zero-order chi connectivity index (χ0) is 12.8. The fourth-order valence-corrected chi connectivity index (χ4v) is 3.17. The Hall–Kier alpha value is -2.03. The average molecular weight is 254 g/mol. The predicted molar refractivity (Wildman–Crippen MR) is 75.0 cm³/mol.